The van der Waals surface area contributed by atoms with Gasteiger partial charge in [0.2, 0.25) is 0 Å². The van der Waals surface area contributed by atoms with Gasteiger partial charge in [-0.3, -0.25) is 0 Å². The van der Waals surface area contributed by atoms with E-state index in [0.29, 0.717) is 5.92 Å². The first kappa shape index (κ1) is 17.3. The number of allylic oxidation sites excluding steroid dienone is 2. The second-order valence-corrected chi connectivity index (χ2v) is 8.90. The Morgan fingerprint density at radius 2 is 1.56 bits per heavy atom. The van der Waals surface area contributed by atoms with Crippen LogP contribution in [-0.4, -0.2) is 0 Å². The van der Waals surface area contributed by atoms with Crippen LogP contribution in [0.4, 0.5) is 4.39 Å². The van der Waals surface area contributed by atoms with Gasteiger partial charge in [0.15, 0.2) is 0 Å². The predicted octanol–water partition coefficient (Wildman–Crippen LogP) is 7.12. The predicted molar refractivity (Wildman–Crippen MR) is 103 cm³/mol. The zero-order chi connectivity index (χ0) is 17.2. The first-order chi connectivity index (χ1) is 12.2. The van der Waals surface area contributed by atoms with Crippen molar-refractivity contribution in [3.05, 3.63) is 47.8 Å². The van der Waals surface area contributed by atoms with Gasteiger partial charge in [-0.2, -0.15) is 0 Å². The van der Waals surface area contributed by atoms with Crippen LogP contribution in [0, 0.1) is 35.4 Å². The van der Waals surface area contributed by atoms with Crippen molar-refractivity contribution in [2.45, 2.75) is 70.6 Å². The van der Waals surface area contributed by atoms with Crippen LogP contribution in [0.1, 0.15) is 76.2 Å². The second kappa shape index (κ2) is 7.64. The van der Waals surface area contributed by atoms with E-state index in [2.05, 4.69) is 19.1 Å². The lowest BCUT2D eigenvalue weighted by atomic mass is 9.55. The van der Waals surface area contributed by atoms with E-state index in [1.165, 1.54) is 63.4 Å². The Morgan fingerprint density at radius 1 is 0.880 bits per heavy atom. The molecule has 25 heavy (non-hydrogen) atoms. The van der Waals surface area contributed by atoms with E-state index in [4.69, 9.17) is 0 Å². The molecule has 0 bridgehead atoms. The van der Waals surface area contributed by atoms with Gasteiger partial charge in [-0.1, -0.05) is 31.2 Å². The number of rotatable bonds is 3. The summed E-state index contributed by atoms with van der Waals surface area (Å²) in [5, 5.41) is 0. The van der Waals surface area contributed by atoms with Crippen LogP contribution in [0.3, 0.4) is 0 Å². The van der Waals surface area contributed by atoms with Crippen LogP contribution in [0.25, 0.3) is 0 Å². The summed E-state index contributed by atoms with van der Waals surface area (Å²) < 4.78 is 13.2. The second-order valence-electron chi connectivity index (χ2n) is 8.90. The molecular formula is C24H33F. The maximum atomic E-state index is 13.2. The minimum atomic E-state index is -0.105. The molecule has 0 unspecified atom stereocenters. The maximum Gasteiger partial charge on any atom is 0.123 e. The lowest BCUT2D eigenvalue weighted by molar-refractivity contribution is 0.0127. The lowest BCUT2D eigenvalue weighted by Gasteiger charge is -2.50. The number of benzene rings is 1. The Balaban J connectivity index is 1.39. The highest BCUT2D eigenvalue weighted by Gasteiger charge is 2.44. The van der Waals surface area contributed by atoms with Crippen LogP contribution in [-0.2, 0) is 0 Å². The van der Waals surface area contributed by atoms with Crippen molar-refractivity contribution in [1.82, 2.24) is 0 Å². The zero-order valence-corrected chi connectivity index (χ0v) is 15.7. The molecule has 3 fully saturated rings. The molecule has 0 radical (unpaired) electrons. The molecule has 0 aliphatic heterocycles. The van der Waals surface area contributed by atoms with E-state index in [1.54, 1.807) is 12.1 Å². The lowest BCUT2D eigenvalue weighted by Crippen LogP contribution is -2.41. The molecule has 0 heterocycles. The summed E-state index contributed by atoms with van der Waals surface area (Å²) in [4.78, 5) is 0. The Morgan fingerprint density at radius 3 is 2.28 bits per heavy atom. The summed E-state index contributed by atoms with van der Waals surface area (Å²) in [6.07, 6.45) is 17.4. The molecule has 0 aromatic heterocycles. The molecule has 1 heteroatoms. The molecule has 3 aliphatic carbocycles. The highest BCUT2D eigenvalue weighted by Crippen LogP contribution is 2.54. The summed E-state index contributed by atoms with van der Waals surface area (Å²) >= 11 is 0. The monoisotopic (exact) mass is 340 g/mol. The molecule has 0 N–H and O–H groups in total. The summed E-state index contributed by atoms with van der Waals surface area (Å²) in [5.74, 6) is 5.31. The van der Waals surface area contributed by atoms with Crippen molar-refractivity contribution < 1.29 is 4.39 Å². The van der Waals surface area contributed by atoms with Crippen LogP contribution in [0.15, 0.2) is 36.4 Å². The Kier molecular flexibility index (Phi) is 5.29. The van der Waals surface area contributed by atoms with Gasteiger partial charge in [0.25, 0.3) is 0 Å². The van der Waals surface area contributed by atoms with Crippen molar-refractivity contribution in [3.8, 4) is 0 Å². The molecule has 1 aromatic rings. The van der Waals surface area contributed by atoms with E-state index in [1.807, 2.05) is 12.1 Å². The van der Waals surface area contributed by atoms with Gasteiger partial charge in [0.05, 0.1) is 0 Å². The van der Waals surface area contributed by atoms with E-state index >= 15 is 0 Å². The van der Waals surface area contributed by atoms with Gasteiger partial charge in [-0.25, -0.2) is 4.39 Å². The van der Waals surface area contributed by atoms with Gasteiger partial charge in [-0.05, 0) is 111 Å². The minimum Gasteiger partial charge on any atom is -0.207 e. The third-order valence-electron chi connectivity index (χ3n) is 7.57. The van der Waals surface area contributed by atoms with Gasteiger partial charge < -0.3 is 0 Å². The summed E-state index contributed by atoms with van der Waals surface area (Å²) in [5.41, 5.74) is 1.37. The van der Waals surface area contributed by atoms with Crippen LogP contribution >= 0.6 is 0 Å². The standard InChI is InChI=1S/C24H33F/c1-2-3-4-17-5-13-23-20(15-17)6-7-21-16-19(10-14-24(21)23)18-8-11-22(25)12-9-18/h3-4,8-9,11-12,17,19-21,23-24H,2,5-7,10,13-16H2,1H3/t17-,19-,20-,21+,23+,24+/m1/s1. The van der Waals surface area contributed by atoms with Crippen molar-refractivity contribution in [3.63, 3.8) is 0 Å². The van der Waals surface area contributed by atoms with Crippen LogP contribution in [0.2, 0.25) is 0 Å². The molecule has 0 amide bonds. The Hall–Kier alpha value is -1.11. The molecule has 0 spiro atoms. The number of fused-ring (bicyclic) bond motifs is 3. The zero-order valence-electron chi connectivity index (χ0n) is 15.7. The number of hydrogen-bond acceptors (Lipinski definition) is 0. The number of halogens is 1. The third kappa shape index (κ3) is 3.71. The SMILES string of the molecule is CCC=C[C@@H]1CC[C@H]2[C@H](CC[C@H]3C[C@H](c4ccc(F)cc4)CC[C@@H]32)C1. The fourth-order valence-electron chi connectivity index (χ4n) is 6.37. The quantitative estimate of drug-likeness (QED) is 0.514. The first-order valence-electron chi connectivity index (χ1n) is 10.7. The minimum absolute atomic E-state index is 0.105. The maximum absolute atomic E-state index is 13.2. The molecule has 1 aromatic carbocycles. The van der Waals surface area contributed by atoms with E-state index in [9.17, 15) is 4.39 Å². The molecule has 0 nitrogen and oxygen atoms in total. The van der Waals surface area contributed by atoms with Gasteiger partial charge in [0, 0.05) is 0 Å². The Bertz CT molecular complexity index is 587. The van der Waals surface area contributed by atoms with Gasteiger partial charge in [0.1, 0.15) is 5.82 Å². The smallest absolute Gasteiger partial charge is 0.123 e. The normalized spacial score (nSPS) is 38.3. The van der Waals surface area contributed by atoms with E-state index < -0.39 is 0 Å². The number of hydrogen-bond donors (Lipinski definition) is 0. The molecule has 3 saturated carbocycles. The topological polar surface area (TPSA) is 0 Å². The summed E-state index contributed by atoms with van der Waals surface area (Å²) in [6, 6.07) is 7.33. The summed E-state index contributed by atoms with van der Waals surface area (Å²) in [7, 11) is 0. The third-order valence-corrected chi connectivity index (χ3v) is 7.57. The van der Waals surface area contributed by atoms with Crippen molar-refractivity contribution >= 4 is 0 Å². The molecule has 6 atom stereocenters. The molecule has 0 saturated heterocycles. The van der Waals surface area contributed by atoms with Crippen LogP contribution < -0.4 is 0 Å². The largest absolute Gasteiger partial charge is 0.207 e. The van der Waals surface area contributed by atoms with Crippen molar-refractivity contribution in [2.24, 2.45) is 29.6 Å². The van der Waals surface area contributed by atoms with Crippen molar-refractivity contribution in [2.75, 3.05) is 0 Å². The Labute approximate surface area is 152 Å². The van der Waals surface area contributed by atoms with Crippen molar-refractivity contribution in [1.29, 1.82) is 0 Å². The highest BCUT2D eigenvalue weighted by molar-refractivity contribution is 5.21. The van der Waals surface area contributed by atoms with E-state index in [-0.39, 0.29) is 5.82 Å². The summed E-state index contributed by atoms with van der Waals surface area (Å²) in [6.45, 7) is 2.24. The average Bonchev–Trinajstić information content (AvgIpc) is 2.66. The first-order valence-corrected chi connectivity index (χ1v) is 10.7. The average molecular weight is 341 g/mol. The molecule has 136 valence electrons. The fraction of sp³-hybridized carbons (Fsp3) is 0.667. The molecule has 3 aliphatic rings. The van der Waals surface area contributed by atoms with E-state index in [0.717, 1.165) is 29.6 Å². The fourth-order valence-corrected chi connectivity index (χ4v) is 6.37. The van der Waals surface area contributed by atoms with Gasteiger partial charge in [-0.15, -0.1) is 0 Å². The highest BCUT2D eigenvalue weighted by atomic mass is 19.1. The van der Waals surface area contributed by atoms with Gasteiger partial charge >= 0.3 is 0 Å². The molecule has 4 rings (SSSR count). The van der Waals surface area contributed by atoms with Crippen LogP contribution in [0.5, 0.6) is 0 Å². The molecular weight excluding hydrogens is 307 g/mol.